The summed E-state index contributed by atoms with van der Waals surface area (Å²) in [4.78, 5) is 11.6. The molecule has 0 saturated carbocycles. The minimum Gasteiger partial charge on any atom is -0.406 e. The quantitative estimate of drug-likeness (QED) is 0.874. The van der Waals surface area contributed by atoms with Crippen LogP contribution in [0.4, 0.5) is 13.2 Å². The maximum Gasteiger partial charge on any atom is 0.573 e. The van der Waals surface area contributed by atoms with Crippen LogP contribution in [-0.4, -0.2) is 18.3 Å². The minimum absolute atomic E-state index is 0. The van der Waals surface area contributed by atoms with Crippen molar-refractivity contribution in [3.05, 3.63) is 29.8 Å². The van der Waals surface area contributed by atoms with E-state index in [4.69, 9.17) is 5.73 Å². The zero-order chi connectivity index (χ0) is 15.3. The number of halogens is 4. The summed E-state index contributed by atoms with van der Waals surface area (Å²) in [5.41, 5.74) is 6.32. The third-order valence-electron chi connectivity index (χ3n) is 2.64. The lowest BCUT2D eigenvalue weighted by atomic mass is 10.0. The Kier molecular flexibility index (Phi) is 7.52. The molecule has 1 amide bonds. The molecule has 0 heterocycles. The van der Waals surface area contributed by atoms with Gasteiger partial charge in [0, 0.05) is 6.54 Å². The first-order valence-electron chi connectivity index (χ1n) is 6.07. The Morgan fingerprint density at radius 2 is 1.81 bits per heavy atom. The second-order valence-electron chi connectivity index (χ2n) is 4.68. The van der Waals surface area contributed by atoms with Crippen LogP contribution >= 0.6 is 12.4 Å². The largest absolute Gasteiger partial charge is 0.573 e. The third-order valence-corrected chi connectivity index (χ3v) is 2.64. The summed E-state index contributed by atoms with van der Waals surface area (Å²) in [5, 5.41) is 2.62. The number of hydrogen-bond donors (Lipinski definition) is 2. The first kappa shape index (κ1) is 19.5. The Morgan fingerprint density at radius 3 is 2.24 bits per heavy atom. The molecule has 3 N–H and O–H groups in total. The molecule has 0 aliphatic carbocycles. The van der Waals surface area contributed by atoms with Crippen LogP contribution in [0.25, 0.3) is 0 Å². The molecule has 4 nitrogen and oxygen atoms in total. The molecule has 1 aromatic carbocycles. The number of carbonyl (C=O) groups excluding carboxylic acids is 1. The van der Waals surface area contributed by atoms with Gasteiger partial charge in [0.15, 0.2) is 0 Å². The average molecular weight is 327 g/mol. The lowest BCUT2D eigenvalue weighted by Gasteiger charge is -2.15. The second-order valence-corrected chi connectivity index (χ2v) is 4.68. The Morgan fingerprint density at radius 1 is 1.29 bits per heavy atom. The number of rotatable bonds is 5. The number of alkyl halides is 3. The highest BCUT2D eigenvalue weighted by Gasteiger charge is 2.30. The van der Waals surface area contributed by atoms with Crippen LogP contribution in [0.2, 0.25) is 0 Å². The summed E-state index contributed by atoms with van der Waals surface area (Å²) in [6.07, 6.45) is -4.71. The van der Waals surface area contributed by atoms with Crippen molar-refractivity contribution in [3.63, 3.8) is 0 Å². The van der Waals surface area contributed by atoms with E-state index in [1.165, 1.54) is 24.3 Å². The van der Waals surface area contributed by atoms with Crippen molar-refractivity contribution in [2.75, 3.05) is 0 Å². The van der Waals surface area contributed by atoms with E-state index in [0.29, 0.717) is 5.56 Å². The summed E-state index contributed by atoms with van der Waals surface area (Å²) in [7, 11) is 0. The van der Waals surface area contributed by atoms with Gasteiger partial charge in [-0.15, -0.1) is 25.6 Å². The molecular formula is C13H18ClF3N2O2. The van der Waals surface area contributed by atoms with E-state index < -0.39 is 12.4 Å². The number of nitrogens with one attached hydrogen (secondary N) is 1. The predicted molar refractivity (Wildman–Crippen MR) is 75.0 cm³/mol. The maximum absolute atomic E-state index is 12.0. The molecular weight excluding hydrogens is 309 g/mol. The lowest BCUT2D eigenvalue weighted by Crippen LogP contribution is -2.43. The molecule has 0 aromatic heterocycles. The van der Waals surface area contributed by atoms with Crippen molar-refractivity contribution < 1.29 is 22.7 Å². The summed E-state index contributed by atoms with van der Waals surface area (Å²) in [6, 6.07) is 4.67. The highest BCUT2D eigenvalue weighted by Crippen LogP contribution is 2.22. The van der Waals surface area contributed by atoms with Crippen molar-refractivity contribution in [2.24, 2.45) is 11.7 Å². The highest BCUT2D eigenvalue weighted by atomic mass is 35.5. The van der Waals surface area contributed by atoms with Crippen LogP contribution in [0, 0.1) is 5.92 Å². The molecule has 0 saturated heterocycles. The molecule has 1 atom stereocenters. The van der Waals surface area contributed by atoms with Gasteiger partial charge >= 0.3 is 6.36 Å². The van der Waals surface area contributed by atoms with Crippen molar-refractivity contribution in [3.8, 4) is 5.75 Å². The molecule has 0 radical (unpaired) electrons. The van der Waals surface area contributed by atoms with Crippen molar-refractivity contribution in [1.29, 1.82) is 0 Å². The van der Waals surface area contributed by atoms with Crippen molar-refractivity contribution >= 4 is 18.3 Å². The van der Waals surface area contributed by atoms with E-state index in [2.05, 4.69) is 10.1 Å². The molecule has 1 aromatic rings. The summed E-state index contributed by atoms with van der Waals surface area (Å²) < 4.78 is 39.6. The van der Waals surface area contributed by atoms with Crippen LogP contribution in [0.1, 0.15) is 19.4 Å². The van der Waals surface area contributed by atoms with Gasteiger partial charge in [0.05, 0.1) is 6.04 Å². The lowest BCUT2D eigenvalue weighted by molar-refractivity contribution is -0.274. The van der Waals surface area contributed by atoms with Gasteiger partial charge in [-0.25, -0.2) is 0 Å². The fourth-order valence-corrected chi connectivity index (χ4v) is 1.42. The van der Waals surface area contributed by atoms with Gasteiger partial charge in [-0.3, -0.25) is 4.79 Å². The van der Waals surface area contributed by atoms with E-state index in [9.17, 15) is 18.0 Å². The number of hydrogen-bond acceptors (Lipinski definition) is 3. The zero-order valence-corrected chi connectivity index (χ0v) is 12.4. The van der Waals surface area contributed by atoms with Crippen LogP contribution in [0.15, 0.2) is 24.3 Å². The van der Waals surface area contributed by atoms with E-state index in [1.807, 2.05) is 13.8 Å². The molecule has 0 aliphatic heterocycles. The molecule has 1 rings (SSSR count). The number of benzene rings is 1. The van der Waals surface area contributed by atoms with E-state index in [1.54, 1.807) is 0 Å². The molecule has 0 aliphatic rings. The molecule has 0 spiro atoms. The van der Waals surface area contributed by atoms with E-state index in [0.717, 1.165) is 0 Å². The van der Waals surface area contributed by atoms with Crippen LogP contribution in [0.5, 0.6) is 5.75 Å². The third kappa shape index (κ3) is 7.19. The van der Waals surface area contributed by atoms with E-state index >= 15 is 0 Å². The average Bonchev–Trinajstić information content (AvgIpc) is 2.34. The first-order valence-corrected chi connectivity index (χ1v) is 6.07. The van der Waals surface area contributed by atoms with Crippen LogP contribution < -0.4 is 15.8 Å². The zero-order valence-electron chi connectivity index (χ0n) is 11.6. The normalized spacial score (nSPS) is 12.5. The number of amides is 1. The highest BCUT2D eigenvalue weighted by molar-refractivity contribution is 5.85. The smallest absolute Gasteiger partial charge is 0.406 e. The Hall–Kier alpha value is -1.47. The molecule has 0 bridgehead atoms. The van der Waals surface area contributed by atoms with Gasteiger partial charge < -0.3 is 15.8 Å². The number of ether oxygens (including phenoxy) is 1. The van der Waals surface area contributed by atoms with E-state index in [-0.39, 0.29) is 36.5 Å². The Bertz CT molecular complexity index is 450. The Labute approximate surface area is 127 Å². The van der Waals surface area contributed by atoms with Gasteiger partial charge in [-0.1, -0.05) is 26.0 Å². The predicted octanol–water partition coefficient (Wildman–Crippen LogP) is 2.61. The number of carbonyl (C=O) groups is 1. The van der Waals surface area contributed by atoms with Crippen molar-refractivity contribution in [1.82, 2.24) is 5.32 Å². The van der Waals surface area contributed by atoms with Crippen molar-refractivity contribution in [2.45, 2.75) is 32.8 Å². The van der Waals surface area contributed by atoms with Gasteiger partial charge in [-0.2, -0.15) is 0 Å². The molecule has 0 fully saturated rings. The molecule has 8 heteroatoms. The topological polar surface area (TPSA) is 64.4 Å². The monoisotopic (exact) mass is 326 g/mol. The van der Waals surface area contributed by atoms with Gasteiger partial charge in [0.1, 0.15) is 5.75 Å². The SMILES string of the molecule is CC(C)[C@@H](N)C(=O)NCc1ccc(OC(F)(F)F)cc1.Cl. The second kappa shape index (κ2) is 8.09. The van der Waals surface area contributed by atoms with Crippen LogP contribution in [0.3, 0.4) is 0 Å². The fraction of sp³-hybridized carbons (Fsp3) is 0.462. The summed E-state index contributed by atoms with van der Waals surface area (Å²) in [5.74, 6) is -0.584. The fourth-order valence-electron chi connectivity index (χ4n) is 1.42. The summed E-state index contributed by atoms with van der Waals surface area (Å²) in [6.45, 7) is 3.85. The standard InChI is InChI=1S/C13H17F3N2O2.ClH/c1-8(2)11(17)12(19)18-7-9-3-5-10(6-4-9)20-13(14,15)16;/h3-6,8,11H,7,17H2,1-2H3,(H,18,19);1H/t11-;/m1./s1. The minimum atomic E-state index is -4.71. The van der Waals surface area contributed by atoms with Gasteiger partial charge in [-0.05, 0) is 23.6 Å². The molecule has 120 valence electrons. The van der Waals surface area contributed by atoms with Gasteiger partial charge in [0.2, 0.25) is 5.91 Å². The van der Waals surface area contributed by atoms with Crippen LogP contribution in [-0.2, 0) is 11.3 Å². The molecule has 21 heavy (non-hydrogen) atoms. The first-order chi connectivity index (χ1) is 9.19. The summed E-state index contributed by atoms with van der Waals surface area (Å²) >= 11 is 0. The molecule has 0 unspecified atom stereocenters. The Balaban J connectivity index is 0.00000400. The number of nitrogens with two attached hydrogens (primary N) is 1. The maximum atomic E-state index is 12.0. The van der Waals surface area contributed by atoms with Gasteiger partial charge in [0.25, 0.3) is 0 Å².